The molecule has 0 saturated heterocycles. The lowest BCUT2D eigenvalue weighted by molar-refractivity contribution is 0.216. The number of hydrogen-bond donors (Lipinski definition) is 0. The fraction of sp³-hybridized carbons (Fsp3) is 0.375. The van der Waals surface area contributed by atoms with Gasteiger partial charge in [0.05, 0.1) is 11.6 Å². The van der Waals surface area contributed by atoms with E-state index in [0.29, 0.717) is 12.0 Å². The molecule has 0 aliphatic rings. The first-order chi connectivity index (χ1) is 12.5. The molecule has 2 nitrogen and oxygen atoms in total. The molecule has 0 aliphatic heterocycles. The molecule has 0 saturated carbocycles. The van der Waals surface area contributed by atoms with Crippen molar-refractivity contribution >= 4 is 0 Å². The van der Waals surface area contributed by atoms with Gasteiger partial charge in [-0.05, 0) is 54.5 Å². The van der Waals surface area contributed by atoms with Gasteiger partial charge in [0.1, 0.15) is 0 Å². The quantitative estimate of drug-likeness (QED) is 0.598. The average Bonchev–Trinajstić information content (AvgIpc) is 2.66. The van der Waals surface area contributed by atoms with E-state index in [0.717, 1.165) is 30.6 Å². The molecule has 2 aromatic rings. The summed E-state index contributed by atoms with van der Waals surface area (Å²) in [6, 6.07) is 19.3. The van der Waals surface area contributed by atoms with Gasteiger partial charge >= 0.3 is 0 Å². The van der Waals surface area contributed by atoms with Crippen LogP contribution in [0.5, 0.6) is 0 Å². The highest BCUT2D eigenvalue weighted by Gasteiger charge is 2.21. The Morgan fingerprint density at radius 1 is 1.15 bits per heavy atom. The van der Waals surface area contributed by atoms with Gasteiger partial charge in [0.15, 0.2) is 0 Å². The van der Waals surface area contributed by atoms with Crippen LogP contribution in [0.1, 0.15) is 49.4 Å². The number of hydrogen-bond acceptors (Lipinski definition) is 2. The molecular formula is C24H30N2. The number of benzene rings is 2. The molecular weight excluding hydrogens is 316 g/mol. The molecule has 0 N–H and O–H groups in total. The number of nitriles is 1. The predicted octanol–water partition coefficient (Wildman–Crippen LogP) is 5.86. The fourth-order valence-electron chi connectivity index (χ4n) is 3.25. The summed E-state index contributed by atoms with van der Waals surface area (Å²) in [6.07, 6.45) is 2.05. The van der Waals surface area contributed by atoms with Crippen LogP contribution >= 0.6 is 0 Å². The highest BCUT2D eigenvalue weighted by Crippen LogP contribution is 2.25. The normalized spacial score (nSPS) is 11.8. The summed E-state index contributed by atoms with van der Waals surface area (Å²) in [4.78, 5) is 2.45. The van der Waals surface area contributed by atoms with Gasteiger partial charge in [-0.1, -0.05) is 63.7 Å². The molecule has 136 valence electrons. The lowest BCUT2D eigenvalue weighted by atomic mass is 9.97. The van der Waals surface area contributed by atoms with Crippen molar-refractivity contribution in [1.29, 1.82) is 5.26 Å². The predicted molar refractivity (Wildman–Crippen MR) is 110 cm³/mol. The second kappa shape index (κ2) is 9.25. The van der Waals surface area contributed by atoms with Crippen LogP contribution in [0.25, 0.3) is 0 Å². The molecule has 26 heavy (non-hydrogen) atoms. The second-order valence-electron chi connectivity index (χ2n) is 7.28. The number of nitrogens with zero attached hydrogens (tertiary/aromatic N) is 2. The zero-order valence-corrected chi connectivity index (χ0v) is 16.5. The summed E-state index contributed by atoms with van der Waals surface area (Å²) >= 11 is 0. The minimum absolute atomic E-state index is 0.387. The van der Waals surface area contributed by atoms with E-state index in [-0.39, 0.29) is 0 Å². The van der Waals surface area contributed by atoms with Crippen molar-refractivity contribution < 1.29 is 0 Å². The molecule has 0 spiro atoms. The van der Waals surface area contributed by atoms with Crippen LogP contribution in [0.15, 0.2) is 60.8 Å². The maximum Gasteiger partial charge on any atom is 0.0991 e. The zero-order chi connectivity index (χ0) is 19.1. The highest BCUT2D eigenvalue weighted by molar-refractivity contribution is 5.38. The molecule has 0 fully saturated rings. The summed E-state index contributed by atoms with van der Waals surface area (Å²) in [7, 11) is 0. The molecule has 0 aromatic heterocycles. The van der Waals surface area contributed by atoms with Crippen molar-refractivity contribution in [3.8, 4) is 6.07 Å². The van der Waals surface area contributed by atoms with E-state index in [1.54, 1.807) is 0 Å². The van der Waals surface area contributed by atoms with Gasteiger partial charge in [0, 0.05) is 18.3 Å². The van der Waals surface area contributed by atoms with Gasteiger partial charge in [-0.3, -0.25) is 0 Å². The van der Waals surface area contributed by atoms with E-state index in [1.807, 2.05) is 18.2 Å². The molecule has 0 radical (unpaired) electrons. The third-order valence-corrected chi connectivity index (χ3v) is 5.08. The van der Waals surface area contributed by atoms with Gasteiger partial charge in [-0.2, -0.15) is 5.26 Å². The molecule has 0 aliphatic carbocycles. The summed E-state index contributed by atoms with van der Waals surface area (Å²) in [5.41, 5.74) is 5.66. The number of rotatable bonds is 8. The molecule has 1 atom stereocenters. The maximum absolute atomic E-state index is 9.25. The van der Waals surface area contributed by atoms with E-state index in [4.69, 9.17) is 0 Å². The Bertz CT molecular complexity index is 769. The van der Waals surface area contributed by atoms with Crippen molar-refractivity contribution in [2.45, 2.75) is 53.1 Å². The van der Waals surface area contributed by atoms with Crippen molar-refractivity contribution in [3.63, 3.8) is 0 Å². The van der Waals surface area contributed by atoms with Crippen LogP contribution in [-0.2, 0) is 13.0 Å². The molecule has 2 aromatic carbocycles. The Balaban J connectivity index is 2.33. The number of allylic oxidation sites excluding steroid dienone is 1. The Morgan fingerprint density at radius 2 is 1.85 bits per heavy atom. The topological polar surface area (TPSA) is 27.0 Å². The highest BCUT2D eigenvalue weighted by atomic mass is 15.2. The van der Waals surface area contributed by atoms with Crippen LogP contribution in [0, 0.1) is 24.2 Å². The van der Waals surface area contributed by atoms with Gasteiger partial charge in [0.25, 0.3) is 0 Å². The van der Waals surface area contributed by atoms with Crippen LogP contribution in [0.2, 0.25) is 0 Å². The summed E-state index contributed by atoms with van der Waals surface area (Å²) in [5.74, 6) is 0.388. The molecule has 0 amide bonds. The van der Waals surface area contributed by atoms with Crippen molar-refractivity contribution in [2.24, 2.45) is 5.92 Å². The summed E-state index contributed by atoms with van der Waals surface area (Å²) in [5, 5.41) is 9.25. The second-order valence-corrected chi connectivity index (χ2v) is 7.28. The van der Waals surface area contributed by atoms with Crippen molar-refractivity contribution in [3.05, 3.63) is 83.1 Å². The van der Waals surface area contributed by atoms with Crippen LogP contribution in [-0.4, -0.2) is 10.9 Å². The Kier molecular flexibility index (Phi) is 7.04. The van der Waals surface area contributed by atoms with Crippen molar-refractivity contribution in [2.75, 3.05) is 0 Å². The molecule has 0 heterocycles. The SMILES string of the molecule is C=C(C(C)C)N(Cc1cc(C#N)ccc1C)[C@@H](CC)Cc1ccccc1. The van der Waals surface area contributed by atoms with E-state index in [9.17, 15) is 5.26 Å². The van der Waals surface area contributed by atoms with E-state index in [1.165, 1.54) is 16.7 Å². The first kappa shape index (κ1) is 19.8. The molecule has 2 heteroatoms. The molecule has 0 unspecified atom stereocenters. The number of aryl methyl sites for hydroxylation is 1. The van der Waals surface area contributed by atoms with E-state index >= 15 is 0 Å². The minimum atomic E-state index is 0.387. The molecule has 2 rings (SSSR count). The zero-order valence-electron chi connectivity index (χ0n) is 16.5. The Labute approximate surface area is 158 Å². The van der Waals surface area contributed by atoms with Crippen LogP contribution in [0.3, 0.4) is 0 Å². The first-order valence-corrected chi connectivity index (χ1v) is 9.45. The Morgan fingerprint density at radius 3 is 2.42 bits per heavy atom. The molecule has 0 bridgehead atoms. The summed E-state index contributed by atoms with van der Waals surface area (Å²) < 4.78 is 0. The fourth-order valence-corrected chi connectivity index (χ4v) is 3.25. The third kappa shape index (κ3) is 4.99. The lowest BCUT2D eigenvalue weighted by Crippen LogP contribution is -2.37. The average molecular weight is 347 g/mol. The third-order valence-electron chi connectivity index (χ3n) is 5.08. The van der Waals surface area contributed by atoms with Crippen molar-refractivity contribution in [1.82, 2.24) is 4.90 Å². The minimum Gasteiger partial charge on any atom is -0.367 e. The summed E-state index contributed by atoms with van der Waals surface area (Å²) in [6.45, 7) is 13.9. The van der Waals surface area contributed by atoms with Gasteiger partial charge < -0.3 is 4.90 Å². The first-order valence-electron chi connectivity index (χ1n) is 9.45. The van der Waals surface area contributed by atoms with E-state index < -0.39 is 0 Å². The largest absolute Gasteiger partial charge is 0.367 e. The Hall–Kier alpha value is -2.53. The standard InChI is InChI=1S/C24H30N2/c1-6-24(15-21-10-8-7-9-11-21)26(20(5)18(2)3)17-23-14-22(16-25)13-12-19(23)4/h7-14,18,24H,5-6,15,17H2,1-4H3/t24-/m0/s1. The van der Waals surface area contributed by atoms with Crippen LogP contribution < -0.4 is 0 Å². The van der Waals surface area contributed by atoms with Gasteiger partial charge in [0.2, 0.25) is 0 Å². The smallest absolute Gasteiger partial charge is 0.0991 e. The van der Waals surface area contributed by atoms with Crippen LogP contribution in [0.4, 0.5) is 0 Å². The maximum atomic E-state index is 9.25. The van der Waals surface area contributed by atoms with Gasteiger partial charge in [-0.15, -0.1) is 0 Å². The van der Waals surface area contributed by atoms with Gasteiger partial charge in [-0.25, -0.2) is 0 Å². The van der Waals surface area contributed by atoms with E-state index in [2.05, 4.69) is 75.6 Å². The lowest BCUT2D eigenvalue weighted by Gasteiger charge is -2.37. The monoisotopic (exact) mass is 346 g/mol.